The Kier molecular flexibility index (Phi) is 9.60. The van der Waals surface area contributed by atoms with Gasteiger partial charge in [-0.15, -0.1) is 0 Å². The number of carbonyl (C=O) groups is 1. The van der Waals surface area contributed by atoms with Crippen molar-refractivity contribution in [3.05, 3.63) is 79.1 Å². The molecule has 0 bridgehead atoms. The summed E-state index contributed by atoms with van der Waals surface area (Å²) in [5.74, 6) is 0.00206. The van der Waals surface area contributed by atoms with Crippen LogP contribution in [0.15, 0.2) is 48.5 Å². The van der Waals surface area contributed by atoms with Gasteiger partial charge < -0.3 is 16.4 Å². The zero-order valence-corrected chi connectivity index (χ0v) is 23.4. The smallest absolute Gasteiger partial charge is 0.273 e. The number of aromatic nitrogens is 2. The van der Waals surface area contributed by atoms with Crippen LogP contribution in [0, 0.1) is 3.57 Å². The molecule has 0 unspecified atom stereocenters. The maximum Gasteiger partial charge on any atom is 0.273 e. The number of rotatable bonds is 9. The molecule has 0 atom stereocenters. The van der Waals surface area contributed by atoms with Crippen molar-refractivity contribution in [3.63, 3.8) is 0 Å². The van der Waals surface area contributed by atoms with Gasteiger partial charge in [0.15, 0.2) is 22.5 Å². The summed E-state index contributed by atoms with van der Waals surface area (Å²) >= 11 is 14.6. The first kappa shape index (κ1) is 26.9. The summed E-state index contributed by atoms with van der Waals surface area (Å²) in [5.41, 5.74) is 8.35. The van der Waals surface area contributed by atoms with Crippen molar-refractivity contribution in [2.45, 2.75) is 13.1 Å². The second kappa shape index (κ2) is 12.9. The molecule has 8 nitrogen and oxygen atoms in total. The molecule has 3 aromatic rings. The largest absolute Gasteiger partial charge is 0.382 e. The van der Waals surface area contributed by atoms with E-state index in [1.807, 2.05) is 42.5 Å². The van der Waals surface area contributed by atoms with E-state index in [2.05, 4.69) is 59.1 Å². The molecule has 1 aromatic heterocycles. The SMILES string of the molecule is Nc1nc(NCc2ccc(I)cc2)c(Cl)nc1C(=O)NCCN1CCN(Cc2cccc(Cl)c2)CC1. The number of hydrogen-bond donors (Lipinski definition) is 3. The zero-order valence-electron chi connectivity index (χ0n) is 19.7. The van der Waals surface area contributed by atoms with Crippen molar-refractivity contribution in [1.82, 2.24) is 25.1 Å². The molecule has 1 saturated heterocycles. The topological polar surface area (TPSA) is 99.4 Å². The van der Waals surface area contributed by atoms with E-state index >= 15 is 0 Å². The average molecular weight is 640 g/mol. The molecule has 4 rings (SSSR count). The van der Waals surface area contributed by atoms with E-state index in [4.69, 9.17) is 28.9 Å². The lowest BCUT2D eigenvalue weighted by atomic mass is 10.2. The third-order valence-corrected chi connectivity index (χ3v) is 7.16. The number of carbonyl (C=O) groups excluding carboxylic acids is 1. The summed E-state index contributed by atoms with van der Waals surface area (Å²) in [6, 6.07) is 16.1. The maximum atomic E-state index is 12.7. The van der Waals surface area contributed by atoms with Crippen LogP contribution in [0.5, 0.6) is 0 Å². The molecule has 4 N–H and O–H groups in total. The Morgan fingerprint density at radius 3 is 2.44 bits per heavy atom. The molecule has 1 amide bonds. The van der Waals surface area contributed by atoms with E-state index in [1.165, 1.54) is 5.56 Å². The van der Waals surface area contributed by atoms with Crippen LogP contribution in [-0.4, -0.2) is 64.9 Å². The number of nitrogens with two attached hydrogens (primary N) is 1. The number of nitrogens with one attached hydrogen (secondary N) is 2. The highest BCUT2D eigenvalue weighted by Crippen LogP contribution is 2.21. The minimum atomic E-state index is -0.384. The Balaban J connectivity index is 1.21. The van der Waals surface area contributed by atoms with E-state index in [0.29, 0.717) is 18.9 Å². The van der Waals surface area contributed by atoms with Crippen molar-refractivity contribution < 1.29 is 4.79 Å². The molecule has 11 heteroatoms. The average Bonchev–Trinajstić information content (AvgIpc) is 2.86. The first-order valence-electron chi connectivity index (χ1n) is 11.7. The molecule has 1 aliphatic rings. The quantitative estimate of drug-likeness (QED) is 0.303. The predicted molar refractivity (Wildman–Crippen MR) is 153 cm³/mol. The van der Waals surface area contributed by atoms with E-state index in [-0.39, 0.29) is 22.6 Å². The van der Waals surface area contributed by atoms with E-state index in [9.17, 15) is 4.79 Å². The van der Waals surface area contributed by atoms with Crippen LogP contribution in [0.25, 0.3) is 0 Å². The molecule has 1 aliphatic heterocycles. The van der Waals surface area contributed by atoms with Crippen LogP contribution in [0.3, 0.4) is 0 Å². The van der Waals surface area contributed by atoms with Crippen LogP contribution in [0.1, 0.15) is 21.6 Å². The molecular weight excluding hydrogens is 612 g/mol. The highest BCUT2D eigenvalue weighted by atomic mass is 127. The third kappa shape index (κ3) is 7.66. The van der Waals surface area contributed by atoms with Crippen LogP contribution in [-0.2, 0) is 13.1 Å². The first-order valence-corrected chi connectivity index (χ1v) is 13.5. The Bertz CT molecular complexity index is 1190. The van der Waals surface area contributed by atoms with Gasteiger partial charge in [0.1, 0.15) is 0 Å². The summed E-state index contributed by atoms with van der Waals surface area (Å²) in [5, 5.41) is 6.88. The van der Waals surface area contributed by atoms with E-state index in [0.717, 1.165) is 53.4 Å². The molecule has 2 heterocycles. The molecule has 0 radical (unpaired) electrons. The molecule has 2 aromatic carbocycles. The van der Waals surface area contributed by atoms with Gasteiger partial charge in [-0.05, 0) is 58.0 Å². The maximum absolute atomic E-state index is 12.7. The lowest BCUT2D eigenvalue weighted by molar-refractivity contribution is 0.0930. The second-order valence-electron chi connectivity index (χ2n) is 8.58. The fourth-order valence-corrected chi connectivity index (χ4v) is 4.74. The summed E-state index contributed by atoms with van der Waals surface area (Å²) in [7, 11) is 0. The monoisotopic (exact) mass is 639 g/mol. The van der Waals surface area contributed by atoms with Gasteiger partial charge in [0.05, 0.1) is 0 Å². The number of benzene rings is 2. The summed E-state index contributed by atoms with van der Waals surface area (Å²) in [6.07, 6.45) is 0. The summed E-state index contributed by atoms with van der Waals surface area (Å²) < 4.78 is 1.16. The fourth-order valence-electron chi connectivity index (χ4n) is 3.97. The van der Waals surface area contributed by atoms with E-state index < -0.39 is 0 Å². The number of hydrogen-bond acceptors (Lipinski definition) is 7. The zero-order chi connectivity index (χ0) is 25.5. The summed E-state index contributed by atoms with van der Waals surface area (Å²) in [6.45, 7) is 6.43. The van der Waals surface area contributed by atoms with Gasteiger partial charge >= 0.3 is 0 Å². The van der Waals surface area contributed by atoms with Crippen molar-refractivity contribution in [2.24, 2.45) is 0 Å². The van der Waals surface area contributed by atoms with Gasteiger partial charge in [-0.2, -0.15) is 0 Å². The van der Waals surface area contributed by atoms with Crippen molar-refractivity contribution in [2.75, 3.05) is 50.3 Å². The third-order valence-electron chi connectivity index (χ3n) is 5.94. The van der Waals surface area contributed by atoms with Crippen LogP contribution < -0.4 is 16.4 Å². The Morgan fingerprint density at radius 2 is 1.72 bits per heavy atom. The van der Waals surface area contributed by atoms with Gasteiger partial charge in [-0.25, -0.2) is 9.97 Å². The lowest BCUT2D eigenvalue weighted by Gasteiger charge is -2.34. The normalized spacial score (nSPS) is 14.5. The number of halogens is 3. The molecule has 0 aliphatic carbocycles. The lowest BCUT2D eigenvalue weighted by Crippen LogP contribution is -2.48. The number of amides is 1. The molecule has 0 saturated carbocycles. The second-order valence-corrected chi connectivity index (χ2v) is 10.6. The van der Waals surface area contributed by atoms with Crippen molar-refractivity contribution in [3.8, 4) is 0 Å². The van der Waals surface area contributed by atoms with Crippen LogP contribution >= 0.6 is 45.8 Å². The number of nitrogen functional groups attached to an aromatic ring is 1. The van der Waals surface area contributed by atoms with Gasteiger partial charge in [0.25, 0.3) is 5.91 Å². The number of piperazine rings is 1. The van der Waals surface area contributed by atoms with E-state index in [1.54, 1.807) is 0 Å². The Hall–Kier alpha value is -2.18. The van der Waals surface area contributed by atoms with Gasteiger partial charge in [-0.1, -0.05) is 47.5 Å². The highest BCUT2D eigenvalue weighted by molar-refractivity contribution is 14.1. The summed E-state index contributed by atoms with van der Waals surface area (Å²) in [4.78, 5) is 25.8. The number of anilines is 2. The highest BCUT2D eigenvalue weighted by Gasteiger charge is 2.19. The van der Waals surface area contributed by atoms with Crippen molar-refractivity contribution >= 4 is 63.3 Å². The predicted octanol–water partition coefficient (Wildman–Crippen LogP) is 4.13. The van der Waals surface area contributed by atoms with Crippen LogP contribution in [0.2, 0.25) is 10.2 Å². The molecule has 0 spiro atoms. The number of nitrogens with zero attached hydrogens (tertiary/aromatic N) is 4. The molecule has 190 valence electrons. The Morgan fingerprint density at radius 1 is 1.00 bits per heavy atom. The molecule has 36 heavy (non-hydrogen) atoms. The standard InChI is InChI=1S/C25H28Cl2IN7O/c26-19-3-1-2-18(14-19)16-35-12-10-34(11-13-35)9-8-30-25(36)21-23(29)33-24(22(27)32-21)31-15-17-4-6-20(28)7-5-17/h1-7,14H,8-13,15-16H2,(H,30,36)(H3,29,31,33). The molecule has 1 fully saturated rings. The van der Waals surface area contributed by atoms with Gasteiger partial charge in [0.2, 0.25) is 0 Å². The fraction of sp³-hybridized carbons (Fsp3) is 0.320. The first-order chi connectivity index (χ1) is 17.4. The minimum Gasteiger partial charge on any atom is -0.382 e. The Labute approximate surface area is 234 Å². The minimum absolute atomic E-state index is 0.0335. The molecular formula is C25H28Cl2IN7O. The van der Waals surface area contributed by atoms with Gasteiger partial charge in [-0.3, -0.25) is 14.6 Å². The van der Waals surface area contributed by atoms with Gasteiger partial charge in [0, 0.05) is 61.0 Å². The van der Waals surface area contributed by atoms with Crippen molar-refractivity contribution in [1.29, 1.82) is 0 Å². The van der Waals surface area contributed by atoms with Crippen LogP contribution in [0.4, 0.5) is 11.6 Å².